The molecule has 0 aliphatic carbocycles. The fourth-order valence-electron chi connectivity index (χ4n) is 3.22. The number of thioether (sulfide) groups is 1. The van der Waals surface area contributed by atoms with Gasteiger partial charge in [-0.05, 0) is 39.0 Å². The molecule has 0 spiro atoms. The molecule has 3 rings (SSSR count). The number of para-hydroxylation sites is 1. The number of halogens is 1. The highest BCUT2D eigenvalue weighted by atomic mass is 32.2. The summed E-state index contributed by atoms with van der Waals surface area (Å²) >= 11 is 0.377. The van der Waals surface area contributed by atoms with Crippen molar-refractivity contribution in [1.29, 1.82) is 0 Å². The van der Waals surface area contributed by atoms with E-state index in [2.05, 4.69) is 10.1 Å². The van der Waals surface area contributed by atoms with E-state index in [0.29, 0.717) is 11.8 Å². The van der Waals surface area contributed by atoms with Gasteiger partial charge in [0.1, 0.15) is 41.8 Å². The molecule has 1 aliphatic heterocycles. The molecule has 2 aromatic rings. The van der Waals surface area contributed by atoms with Gasteiger partial charge in [0, 0.05) is 6.20 Å². The first-order valence-electron chi connectivity index (χ1n) is 10.9. The summed E-state index contributed by atoms with van der Waals surface area (Å²) in [5, 5.41) is 19.3. The number of nitrogens with zero attached hydrogens (tertiary/aromatic N) is 2. The zero-order valence-corrected chi connectivity index (χ0v) is 21.4. The molecule has 1 fully saturated rings. The van der Waals surface area contributed by atoms with Crippen molar-refractivity contribution >= 4 is 31.3 Å². The van der Waals surface area contributed by atoms with E-state index < -0.39 is 60.7 Å². The van der Waals surface area contributed by atoms with E-state index >= 15 is 4.39 Å². The number of nitrogen functional groups attached to an aromatic ring is 1. The van der Waals surface area contributed by atoms with Crippen LogP contribution in [0.15, 0.2) is 47.4 Å². The Morgan fingerprint density at radius 3 is 2.58 bits per heavy atom. The second-order valence-corrected chi connectivity index (χ2v) is 11.4. The van der Waals surface area contributed by atoms with Crippen molar-refractivity contribution in [2.75, 3.05) is 12.3 Å². The number of rotatable bonds is 10. The van der Waals surface area contributed by atoms with Crippen molar-refractivity contribution in [3.8, 4) is 5.75 Å². The van der Waals surface area contributed by atoms with Crippen molar-refractivity contribution < 1.29 is 37.7 Å². The van der Waals surface area contributed by atoms with Crippen LogP contribution in [0.25, 0.3) is 0 Å². The molecule has 6 atom stereocenters. The Bertz CT molecular complexity index is 1170. The number of hydrogen-bond donors (Lipinski definition) is 4. The number of benzene rings is 1. The van der Waals surface area contributed by atoms with Gasteiger partial charge in [-0.2, -0.15) is 10.1 Å². The number of aromatic nitrogens is 2. The maximum atomic E-state index is 15.8. The number of nitrogens with two attached hydrogens (primary N) is 1. The van der Waals surface area contributed by atoms with Crippen molar-refractivity contribution in [3.05, 3.63) is 53.1 Å². The van der Waals surface area contributed by atoms with E-state index in [1.54, 1.807) is 32.0 Å². The molecular weight excluding hydrogens is 518 g/mol. The average molecular weight is 547 g/mol. The van der Waals surface area contributed by atoms with Crippen LogP contribution in [0.3, 0.4) is 0 Å². The molecule has 1 aliphatic rings. The van der Waals surface area contributed by atoms with Gasteiger partial charge in [0.15, 0.2) is 0 Å². The van der Waals surface area contributed by atoms with E-state index in [1.165, 1.54) is 31.3 Å². The first-order valence-corrected chi connectivity index (χ1v) is 13.3. The van der Waals surface area contributed by atoms with Crippen molar-refractivity contribution in [1.82, 2.24) is 14.6 Å². The monoisotopic (exact) mass is 546 g/mol. The summed E-state index contributed by atoms with van der Waals surface area (Å²) < 4.78 is 46.1. The molecule has 5 N–H and O–H groups in total. The molecule has 2 unspecified atom stereocenters. The topological polar surface area (TPSA) is 175 Å². The molecule has 1 aromatic heterocycles. The smallest absolute Gasteiger partial charge is 0.459 e. The summed E-state index contributed by atoms with van der Waals surface area (Å²) in [5.41, 5.74) is 4.61. The van der Waals surface area contributed by atoms with Crippen molar-refractivity contribution in [3.63, 3.8) is 0 Å². The fraction of sp³-hybridized carbons (Fsp3) is 0.476. The van der Waals surface area contributed by atoms with E-state index in [9.17, 15) is 24.4 Å². The molecule has 198 valence electrons. The zero-order valence-electron chi connectivity index (χ0n) is 19.7. The van der Waals surface area contributed by atoms with Gasteiger partial charge in [-0.25, -0.2) is 13.8 Å². The number of hydrogen-bond acceptors (Lipinski definition) is 11. The predicted octanol–water partition coefficient (Wildman–Crippen LogP) is 1.59. The van der Waals surface area contributed by atoms with E-state index in [-0.39, 0.29) is 11.6 Å². The number of aliphatic hydroxyl groups is 2. The minimum absolute atomic E-state index is 0.0701. The molecule has 0 amide bonds. The maximum absolute atomic E-state index is 15.8. The number of carbonyl (C=O) groups is 1. The average Bonchev–Trinajstić information content (AvgIpc) is 3.02. The second-order valence-electron chi connectivity index (χ2n) is 8.28. The molecule has 0 saturated carbocycles. The third-order valence-electron chi connectivity index (χ3n) is 4.96. The normalized spacial score (nSPS) is 26.4. The Kier molecular flexibility index (Phi) is 8.80. The van der Waals surface area contributed by atoms with Gasteiger partial charge < -0.3 is 25.2 Å². The number of carbonyl (C=O) groups excluding carboxylic acids is 1. The van der Waals surface area contributed by atoms with Crippen LogP contribution in [0.4, 0.5) is 10.2 Å². The van der Waals surface area contributed by atoms with Crippen LogP contribution in [-0.2, 0) is 18.6 Å². The molecule has 2 heterocycles. The minimum atomic E-state index is -4.44. The Morgan fingerprint density at radius 2 is 1.97 bits per heavy atom. The fourth-order valence-corrected chi connectivity index (χ4v) is 6.19. The van der Waals surface area contributed by atoms with Gasteiger partial charge >= 0.3 is 19.4 Å². The van der Waals surface area contributed by atoms with Crippen LogP contribution in [0.1, 0.15) is 26.1 Å². The molecular formula is C21H28FN4O8PS. The molecule has 15 heteroatoms. The number of ether oxygens (including phenoxy) is 1. The van der Waals surface area contributed by atoms with Crippen LogP contribution in [0.5, 0.6) is 5.75 Å². The Labute approximate surface area is 210 Å². The molecule has 0 bridgehead atoms. The van der Waals surface area contributed by atoms with Gasteiger partial charge in [-0.1, -0.05) is 30.0 Å². The van der Waals surface area contributed by atoms with Crippen LogP contribution in [-0.4, -0.2) is 61.7 Å². The minimum Gasteiger partial charge on any atom is -0.462 e. The van der Waals surface area contributed by atoms with E-state index in [0.717, 1.165) is 4.57 Å². The van der Waals surface area contributed by atoms with E-state index in [1.807, 2.05) is 0 Å². The standard InChI is InChI=1S/C21H28FN4O8PS/c1-12(2)33-19(29)13(3)25-35(31,34-14-7-5-4-6-8-14)32-11-21(22)17(28)16(27)18(36-21)26-10-9-15(23)24-20(26)30/h4-10,12-13,16-18,27-28H,11H2,1-3H3,(H,25,31)(H2,23,24,30)/t13-,16?,17?,18+,21+,35+/m0/s1. The largest absolute Gasteiger partial charge is 0.462 e. The number of nitrogens with one attached hydrogen (secondary N) is 1. The van der Waals surface area contributed by atoms with Crippen molar-refractivity contribution in [2.45, 2.75) is 55.5 Å². The molecule has 0 radical (unpaired) electrons. The zero-order chi connectivity index (χ0) is 26.7. The SMILES string of the molecule is CC(C)OC(=O)[C@H](C)N[P@@](=O)(OC[C@@]1(F)S[C@@H](n2ccc(N)nc2=O)C(O)C1O)Oc1ccccc1. The Hall–Kier alpha value is -2.48. The lowest BCUT2D eigenvalue weighted by Crippen LogP contribution is -2.42. The third kappa shape index (κ3) is 6.64. The first kappa shape index (κ1) is 28.1. The number of anilines is 1. The predicted molar refractivity (Wildman–Crippen MR) is 130 cm³/mol. The number of aliphatic hydroxyl groups excluding tert-OH is 2. The van der Waals surface area contributed by atoms with Crippen LogP contribution < -0.4 is 21.0 Å². The summed E-state index contributed by atoms with van der Waals surface area (Å²) in [7, 11) is -4.44. The summed E-state index contributed by atoms with van der Waals surface area (Å²) in [6.45, 7) is 3.60. The van der Waals surface area contributed by atoms with Crippen LogP contribution in [0.2, 0.25) is 0 Å². The lowest BCUT2D eigenvalue weighted by atomic mass is 10.1. The summed E-state index contributed by atoms with van der Waals surface area (Å²) in [4.78, 5) is 27.9. The van der Waals surface area contributed by atoms with Gasteiger partial charge in [0.05, 0.1) is 6.10 Å². The number of alkyl halides is 1. The highest BCUT2D eigenvalue weighted by Crippen LogP contribution is 2.53. The lowest BCUT2D eigenvalue weighted by Gasteiger charge is -2.27. The second kappa shape index (κ2) is 11.3. The van der Waals surface area contributed by atoms with Gasteiger partial charge in [0.25, 0.3) is 0 Å². The molecule has 1 aromatic carbocycles. The summed E-state index contributed by atoms with van der Waals surface area (Å²) in [5.74, 6) is -0.719. The van der Waals surface area contributed by atoms with Gasteiger partial charge in [0.2, 0.25) is 5.00 Å². The first-order chi connectivity index (χ1) is 16.8. The maximum Gasteiger partial charge on any atom is 0.459 e. The molecule has 1 saturated heterocycles. The number of esters is 1. The summed E-state index contributed by atoms with van der Waals surface area (Å²) in [6.07, 6.45) is -3.02. The Balaban J connectivity index is 1.81. The molecule has 36 heavy (non-hydrogen) atoms. The highest BCUT2D eigenvalue weighted by Gasteiger charge is 2.57. The quantitative estimate of drug-likeness (QED) is 0.251. The van der Waals surface area contributed by atoms with E-state index in [4.69, 9.17) is 19.5 Å². The van der Waals surface area contributed by atoms with Crippen LogP contribution in [0, 0.1) is 0 Å². The Morgan fingerprint density at radius 1 is 1.31 bits per heavy atom. The molecule has 12 nitrogen and oxygen atoms in total. The summed E-state index contributed by atoms with van der Waals surface area (Å²) in [6, 6.07) is 7.94. The van der Waals surface area contributed by atoms with Gasteiger partial charge in [-0.3, -0.25) is 13.9 Å². The van der Waals surface area contributed by atoms with Crippen LogP contribution >= 0.6 is 19.5 Å². The third-order valence-corrected chi connectivity index (χ3v) is 8.08. The lowest BCUT2D eigenvalue weighted by molar-refractivity contribution is -0.149. The van der Waals surface area contributed by atoms with Gasteiger partial charge in [-0.15, -0.1) is 0 Å². The van der Waals surface area contributed by atoms with Crippen molar-refractivity contribution in [2.24, 2.45) is 0 Å². The highest BCUT2D eigenvalue weighted by molar-refractivity contribution is 8.01.